The topological polar surface area (TPSA) is 51.8 Å². The molecule has 0 fully saturated rings. The number of aryl methyl sites for hydroxylation is 2. The molecule has 0 radical (unpaired) electrons. The van der Waals surface area contributed by atoms with Gasteiger partial charge in [0.05, 0.1) is 0 Å². The van der Waals surface area contributed by atoms with Gasteiger partial charge in [-0.2, -0.15) is 0 Å². The average molecular weight is 193 g/mol. The van der Waals surface area contributed by atoms with E-state index in [1.807, 2.05) is 12.4 Å². The standard InChI is InChI=1S/C11H19N3/c1-2-3-6-11-13-8-10(9-14-11)5-4-7-12/h8-9H,2-7,12H2,1H3. The van der Waals surface area contributed by atoms with Crippen LogP contribution in [0, 0.1) is 0 Å². The zero-order valence-corrected chi connectivity index (χ0v) is 8.87. The first-order chi connectivity index (χ1) is 6.86. The van der Waals surface area contributed by atoms with Gasteiger partial charge in [-0.15, -0.1) is 0 Å². The molecule has 1 heterocycles. The summed E-state index contributed by atoms with van der Waals surface area (Å²) in [4.78, 5) is 8.63. The second kappa shape index (κ2) is 6.49. The van der Waals surface area contributed by atoms with E-state index in [1.54, 1.807) is 0 Å². The van der Waals surface area contributed by atoms with E-state index in [0.717, 1.165) is 31.6 Å². The Balaban J connectivity index is 2.42. The number of rotatable bonds is 6. The van der Waals surface area contributed by atoms with Crippen molar-refractivity contribution in [1.29, 1.82) is 0 Å². The third-order valence-electron chi connectivity index (χ3n) is 2.18. The third kappa shape index (κ3) is 3.83. The van der Waals surface area contributed by atoms with E-state index in [2.05, 4.69) is 16.9 Å². The molecule has 1 aromatic rings. The normalized spacial score (nSPS) is 10.4. The summed E-state index contributed by atoms with van der Waals surface area (Å²) >= 11 is 0. The van der Waals surface area contributed by atoms with Crippen LogP contribution in [0.4, 0.5) is 0 Å². The molecule has 1 rings (SSSR count). The Morgan fingerprint density at radius 2 is 1.86 bits per heavy atom. The van der Waals surface area contributed by atoms with Gasteiger partial charge in [-0.25, -0.2) is 9.97 Å². The molecule has 2 N–H and O–H groups in total. The summed E-state index contributed by atoms with van der Waals surface area (Å²) < 4.78 is 0. The minimum Gasteiger partial charge on any atom is -0.330 e. The molecule has 0 aliphatic heterocycles. The van der Waals surface area contributed by atoms with Crippen molar-refractivity contribution in [3.8, 4) is 0 Å². The Kier molecular flexibility index (Phi) is 5.15. The van der Waals surface area contributed by atoms with Gasteiger partial charge in [0, 0.05) is 18.8 Å². The number of hydrogen-bond donors (Lipinski definition) is 1. The summed E-state index contributed by atoms with van der Waals surface area (Å²) in [6.45, 7) is 2.91. The predicted octanol–water partition coefficient (Wildman–Crippen LogP) is 1.71. The Labute approximate surface area is 85.8 Å². The summed E-state index contributed by atoms with van der Waals surface area (Å²) in [7, 11) is 0. The van der Waals surface area contributed by atoms with Crippen LogP contribution in [0.5, 0.6) is 0 Å². The molecule has 3 nitrogen and oxygen atoms in total. The lowest BCUT2D eigenvalue weighted by Crippen LogP contribution is -2.02. The van der Waals surface area contributed by atoms with Crippen LogP contribution in [0.2, 0.25) is 0 Å². The van der Waals surface area contributed by atoms with Crippen LogP contribution in [-0.4, -0.2) is 16.5 Å². The van der Waals surface area contributed by atoms with Crippen LogP contribution in [0.1, 0.15) is 37.6 Å². The second-order valence-corrected chi connectivity index (χ2v) is 3.50. The van der Waals surface area contributed by atoms with E-state index in [1.165, 1.54) is 18.4 Å². The second-order valence-electron chi connectivity index (χ2n) is 3.50. The fourth-order valence-electron chi connectivity index (χ4n) is 1.28. The molecule has 0 unspecified atom stereocenters. The van der Waals surface area contributed by atoms with E-state index < -0.39 is 0 Å². The molecule has 0 aromatic carbocycles. The van der Waals surface area contributed by atoms with E-state index in [0.29, 0.717) is 0 Å². The van der Waals surface area contributed by atoms with Crippen molar-refractivity contribution in [3.63, 3.8) is 0 Å². The van der Waals surface area contributed by atoms with Gasteiger partial charge >= 0.3 is 0 Å². The smallest absolute Gasteiger partial charge is 0.128 e. The van der Waals surface area contributed by atoms with Crippen LogP contribution in [0.25, 0.3) is 0 Å². The molecule has 1 aromatic heterocycles. The van der Waals surface area contributed by atoms with Crippen LogP contribution < -0.4 is 5.73 Å². The maximum atomic E-state index is 5.43. The number of nitrogens with two attached hydrogens (primary N) is 1. The van der Waals surface area contributed by atoms with Gasteiger partial charge in [-0.1, -0.05) is 13.3 Å². The number of aromatic nitrogens is 2. The van der Waals surface area contributed by atoms with Crippen molar-refractivity contribution in [1.82, 2.24) is 9.97 Å². The molecular formula is C11H19N3. The molecule has 0 saturated carbocycles. The lowest BCUT2D eigenvalue weighted by Gasteiger charge is -2.01. The number of hydrogen-bond acceptors (Lipinski definition) is 3. The first-order valence-corrected chi connectivity index (χ1v) is 5.36. The SMILES string of the molecule is CCCCc1ncc(CCCN)cn1. The van der Waals surface area contributed by atoms with E-state index in [9.17, 15) is 0 Å². The highest BCUT2D eigenvalue weighted by Gasteiger charge is 1.97. The van der Waals surface area contributed by atoms with Gasteiger partial charge in [-0.3, -0.25) is 0 Å². The van der Waals surface area contributed by atoms with E-state index in [-0.39, 0.29) is 0 Å². The molecule has 0 amide bonds. The van der Waals surface area contributed by atoms with Crippen LogP contribution >= 0.6 is 0 Å². The third-order valence-corrected chi connectivity index (χ3v) is 2.18. The van der Waals surface area contributed by atoms with Crippen molar-refractivity contribution in [3.05, 3.63) is 23.8 Å². The molecule has 0 spiro atoms. The summed E-state index contributed by atoms with van der Waals surface area (Å²) in [5.74, 6) is 0.961. The van der Waals surface area contributed by atoms with Crippen molar-refractivity contribution in [2.45, 2.75) is 39.0 Å². The Morgan fingerprint density at radius 1 is 1.14 bits per heavy atom. The highest BCUT2D eigenvalue weighted by Crippen LogP contribution is 2.02. The highest BCUT2D eigenvalue weighted by molar-refractivity contribution is 5.05. The van der Waals surface area contributed by atoms with Crippen molar-refractivity contribution in [2.24, 2.45) is 5.73 Å². The average Bonchev–Trinajstić information content (AvgIpc) is 2.25. The quantitative estimate of drug-likeness (QED) is 0.748. The van der Waals surface area contributed by atoms with Crippen LogP contribution in [0.3, 0.4) is 0 Å². The first kappa shape index (κ1) is 11.1. The predicted molar refractivity (Wildman–Crippen MR) is 58.0 cm³/mol. The summed E-state index contributed by atoms with van der Waals surface area (Å²) in [6.07, 6.45) is 9.21. The minimum atomic E-state index is 0.734. The summed E-state index contributed by atoms with van der Waals surface area (Å²) in [5, 5.41) is 0. The van der Waals surface area contributed by atoms with Crippen molar-refractivity contribution >= 4 is 0 Å². The van der Waals surface area contributed by atoms with Crippen LogP contribution in [-0.2, 0) is 12.8 Å². The molecular weight excluding hydrogens is 174 g/mol. The minimum absolute atomic E-state index is 0.734. The number of nitrogens with zero attached hydrogens (tertiary/aromatic N) is 2. The molecule has 0 bridgehead atoms. The largest absolute Gasteiger partial charge is 0.330 e. The monoisotopic (exact) mass is 193 g/mol. The molecule has 78 valence electrons. The molecule has 14 heavy (non-hydrogen) atoms. The highest BCUT2D eigenvalue weighted by atomic mass is 14.9. The van der Waals surface area contributed by atoms with Gasteiger partial charge in [0.15, 0.2) is 0 Å². The van der Waals surface area contributed by atoms with E-state index in [4.69, 9.17) is 5.73 Å². The lowest BCUT2D eigenvalue weighted by molar-refractivity contribution is 0.744. The Hall–Kier alpha value is -0.960. The summed E-state index contributed by atoms with van der Waals surface area (Å²) in [5.41, 5.74) is 6.62. The first-order valence-electron chi connectivity index (χ1n) is 5.36. The Morgan fingerprint density at radius 3 is 2.43 bits per heavy atom. The van der Waals surface area contributed by atoms with Gasteiger partial charge in [0.2, 0.25) is 0 Å². The van der Waals surface area contributed by atoms with Gasteiger partial charge in [-0.05, 0) is 31.4 Å². The zero-order valence-electron chi connectivity index (χ0n) is 8.87. The van der Waals surface area contributed by atoms with Crippen molar-refractivity contribution in [2.75, 3.05) is 6.54 Å². The molecule has 0 aliphatic carbocycles. The van der Waals surface area contributed by atoms with E-state index >= 15 is 0 Å². The van der Waals surface area contributed by atoms with Gasteiger partial charge in [0.1, 0.15) is 5.82 Å². The van der Waals surface area contributed by atoms with Crippen LogP contribution in [0.15, 0.2) is 12.4 Å². The maximum Gasteiger partial charge on any atom is 0.128 e. The zero-order chi connectivity index (χ0) is 10.2. The molecule has 0 atom stereocenters. The fraction of sp³-hybridized carbons (Fsp3) is 0.636. The fourth-order valence-corrected chi connectivity index (χ4v) is 1.28. The molecule has 3 heteroatoms. The molecule has 0 saturated heterocycles. The van der Waals surface area contributed by atoms with Crippen molar-refractivity contribution < 1.29 is 0 Å². The summed E-state index contributed by atoms with van der Waals surface area (Å²) in [6, 6.07) is 0. The van der Waals surface area contributed by atoms with Gasteiger partial charge < -0.3 is 5.73 Å². The number of unbranched alkanes of at least 4 members (excludes halogenated alkanes) is 1. The Bertz CT molecular complexity index is 216. The molecule has 0 aliphatic rings. The van der Waals surface area contributed by atoms with Gasteiger partial charge in [0.25, 0.3) is 0 Å². The maximum absolute atomic E-state index is 5.43. The lowest BCUT2D eigenvalue weighted by atomic mass is 10.2.